The molecule has 1 amide bonds. The Balaban J connectivity index is 2.07. The molecular weight excluding hydrogens is 252 g/mol. The second-order valence-corrected chi connectivity index (χ2v) is 7.42. The maximum Gasteiger partial charge on any atom is 0.237 e. The number of hydrogen-bond donors (Lipinski definition) is 1. The van der Waals surface area contributed by atoms with Crippen molar-refractivity contribution in [3.63, 3.8) is 0 Å². The molecule has 2 fully saturated rings. The molecule has 0 aromatic carbocycles. The van der Waals surface area contributed by atoms with Gasteiger partial charge in [0.05, 0.1) is 12.6 Å². The van der Waals surface area contributed by atoms with Crippen LogP contribution in [0.3, 0.4) is 0 Å². The van der Waals surface area contributed by atoms with Gasteiger partial charge in [0.1, 0.15) is 6.29 Å². The highest BCUT2D eigenvalue weighted by Crippen LogP contribution is 2.38. The molecule has 1 aliphatic heterocycles. The molecule has 2 aliphatic rings. The summed E-state index contributed by atoms with van der Waals surface area (Å²) in [5.41, 5.74) is -0.215. The zero-order chi connectivity index (χ0) is 14.8. The van der Waals surface area contributed by atoms with E-state index in [1.807, 2.05) is 20.8 Å². The van der Waals surface area contributed by atoms with E-state index in [1.165, 1.54) is 25.7 Å². The van der Waals surface area contributed by atoms with Gasteiger partial charge < -0.3 is 10.1 Å². The molecule has 20 heavy (non-hydrogen) atoms. The van der Waals surface area contributed by atoms with E-state index in [1.54, 1.807) is 0 Å². The fourth-order valence-electron chi connectivity index (χ4n) is 3.72. The third-order valence-electron chi connectivity index (χ3n) is 4.61. The smallest absolute Gasteiger partial charge is 0.237 e. The van der Waals surface area contributed by atoms with Gasteiger partial charge in [-0.15, -0.1) is 0 Å². The second-order valence-electron chi connectivity index (χ2n) is 7.42. The van der Waals surface area contributed by atoms with E-state index in [-0.39, 0.29) is 17.5 Å². The summed E-state index contributed by atoms with van der Waals surface area (Å²) < 4.78 is 0. The molecule has 0 radical (unpaired) electrons. The Morgan fingerprint density at radius 3 is 2.50 bits per heavy atom. The van der Waals surface area contributed by atoms with Gasteiger partial charge in [-0.25, -0.2) is 0 Å². The summed E-state index contributed by atoms with van der Waals surface area (Å²) in [4.78, 5) is 25.5. The Bertz CT molecular complexity index is 362. The van der Waals surface area contributed by atoms with Crippen LogP contribution in [0.4, 0.5) is 0 Å². The molecular formula is C16H28N2O2. The van der Waals surface area contributed by atoms with Crippen molar-refractivity contribution in [2.45, 2.75) is 64.5 Å². The number of amides is 1. The zero-order valence-electron chi connectivity index (χ0n) is 13.0. The standard InChI is InChI=1S/C16H28N2O2/c1-16(2,3)17-15(20)14-10-12-6-4-5-7-13(12)11-18(14)8-9-19/h9,12-14H,4-8,10-11H2,1-3H3,(H,17,20)/t12-,13+,14-/m0/s1. The first kappa shape index (κ1) is 15.5. The van der Waals surface area contributed by atoms with Gasteiger partial charge in [-0.1, -0.05) is 19.3 Å². The second kappa shape index (κ2) is 6.25. The van der Waals surface area contributed by atoms with Crippen LogP contribution in [-0.2, 0) is 9.59 Å². The molecule has 0 unspecified atom stereocenters. The topological polar surface area (TPSA) is 49.4 Å². The lowest BCUT2D eigenvalue weighted by molar-refractivity contribution is -0.132. The maximum absolute atomic E-state index is 12.5. The molecule has 3 atom stereocenters. The van der Waals surface area contributed by atoms with E-state index in [9.17, 15) is 9.59 Å². The number of carbonyl (C=O) groups is 2. The van der Waals surface area contributed by atoms with Crippen molar-refractivity contribution in [1.82, 2.24) is 10.2 Å². The van der Waals surface area contributed by atoms with Crippen LogP contribution in [0.2, 0.25) is 0 Å². The van der Waals surface area contributed by atoms with Gasteiger partial charge in [-0.05, 0) is 45.4 Å². The number of aldehydes is 1. The summed E-state index contributed by atoms with van der Waals surface area (Å²) in [5, 5.41) is 3.08. The van der Waals surface area contributed by atoms with E-state index in [0.717, 1.165) is 19.3 Å². The van der Waals surface area contributed by atoms with Gasteiger partial charge in [0.25, 0.3) is 0 Å². The highest BCUT2D eigenvalue weighted by molar-refractivity contribution is 5.82. The predicted molar refractivity (Wildman–Crippen MR) is 79.4 cm³/mol. The van der Waals surface area contributed by atoms with Crippen LogP contribution in [0, 0.1) is 11.8 Å². The molecule has 4 heteroatoms. The number of fused-ring (bicyclic) bond motifs is 1. The first-order chi connectivity index (χ1) is 9.40. The van der Waals surface area contributed by atoms with E-state index in [2.05, 4.69) is 10.2 Å². The minimum absolute atomic E-state index is 0.0865. The first-order valence-electron chi connectivity index (χ1n) is 7.90. The number of hydrogen-bond acceptors (Lipinski definition) is 3. The number of carbonyl (C=O) groups excluding carboxylic acids is 2. The average molecular weight is 280 g/mol. The van der Waals surface area contributed by atoms with Crippen LogP contribution in [0.25, 0.3) is 0 Å². The first-order valence-corrected chi connectivity index (χ1v) is 7.90. The van der Waals surface area contributed by atoms with E-state index < -0.39 is 0 Å². The van der Waals surface area contributed by atoms with E-state index in [0.29, 0.717) is 18.4 Å². The van der Waals surface area contributed by atoms with Crippen molar-refractivity contribution in [2.24, 2.45) is 11.8 Å². The Labute approximate surface area is 122 Å². The van der Waals surface area contributed by atoms with Gasteiger partial charge in [0.15, 0.2) is 0 Å². The van der Waals surface area contributed by atoms with Gasteiger partial charge in [-0.3, -0.25) is 9.69 Å². The van der Waals surface area contributed by atoms with Crippen LogP contribution in [0.15, 0.2) is 0 Å². The summed E-state index contributed by atoms with van der Waals surface area (Å²) in [5.74, 6) is 1.44. The van der Waals surface area contributed by atoms with Gasteiger partial charge in [-0.2, -0.15) is 0 Å². The molecule has 2 rings (SSSR count). The summed E-state index contributed by atoms with van der Waals surface area (Å²) in [6.45, 7) is 7.29. The van der Waals surface area contributed by atoms with Gasteiger partial charge in [0, 0.05) is 12.1 Å². The number of rotatable bonds is 3. The lowest BCUT2D eigenvalue weighted by Crippen LogP contribution is -2.57. The highest BCUT2D eigenvalue weighted by Gasteiger charge is 2.40. The number of piperidine rings is 1. The third-order valence-corrected chi connectivity index (χ3v) is 4.61. The van der Waals surface area contributed by atoms with Crippen molar-refractivity contribution >= 4 is 12.2 Å². The number of nitrogens with one attached hydrogen (secondary N) is 1. The molecule has 1 heterocycles. The minimum atomic E-state index is -0.215. The maximum atomic E-state index is 12.5. The van der Waals surface area contributed by atoms with Crippen molar-refractivity contribution in [3.05, 3.63) is 0 Å². The molecule has 1 N–H and O–H groups in total. The zero-order valence-corrected chi connectivity index (χ0v) is 13.0. The lowest BCUT2D eigenvalue weighted by Gasteiger charge is -2.45. The highest BCUT2D eigenvalue weighted by atomic mass is 16.2. The largest absolute Gasteiger partial charge is 0.350 e. The molecule has 114 valence electrons. The Morgan fingerprint density at radius 1 is 1.25 bits per heavy atom. The van der Waals surface area contributed by atoms with Crippen LogP contribution >= 0.6 is 0 Å². The van der Waals surface area contributed by atoms with Gasteiger partial charge in [0.2, 0.25) is 5.91 Å². The van der Waals surface area contributed by atoms with Crippen LogP contribution in [0.5, 0.6) is 0 Å². The molecule has 0 aromatic heterocycles. The van der Waals surface area contributed by atoms with Crippen molar-refractivity contribution in [2.75, 3.05) is 13.1 Å². The quantitative estimate of drug-likeness (QED) is 0.804. The number of nitrogens with zero attached hydrogens (tertiary/aromatic N) is 1. The SMILES string of the molecule is CC(C)(C)NC(=O)[C@@H]1C[C@@H]2CCCC[C@@H]2CN1CC=O. The van der Waals surface area contributed by atoms with E-state index >= 15 is 0 Å². The van der Waals surface area contributed by atoms with Crippen LogP contribution in [-0.4, -0.2) is 41.8 Å². The molecule has 0 spiro atoms. The molecule has 4 nitrogen and oxygen atoms in total. The van der Waals surface area contributed by atoms with Crippen molar-refractivity contribution in [3.8, 4) is 0 Å². The normalized spacial score (nSPS) is 31.4. The van der Waals surface area contributed by atoms with Gasteiger partial charge >= 0.3 is 0 Å². The van der Waals surface area contributed by atoms with Crippen LogP contribution in [0.1, 0.15) is 52.9 Å². The predicted octanol–water partition coefficient (Wildman–Crippen LogP) is 1.98. The fourth-order valence-corrected chi connectivity index (χ4v) is 3.72. The third kappa shape index (κ3) is 3.81. The fraction of sp³-hybridized carbons (Fsp3) is 0.875. The molecule has 1 saturated carbocycles. The molecule has 1 saturated heterocycles. The molecule has 0 bridgehead atoms. The monoisotopic (exact) mass is 280 g/mol. The minimum Gasteiger partial charge on any atom is -0.350 e. The average Bonchev–Trinajstić information content (AvgIpc) is 2.36. The van der Waals surface area contributed by atoms with E-state index in [4.69, 9.17) is 0 Å². The number of likely N-dealkylation sites (tertiary alicyclic amines) is 1. The summed E-state index contributed by atoms with van der Waals surface area (Å²) in [7, 11) is 0. The lowest BCUT2D eigenvalue weighted by atomic mass is 9.72. The summed E-state index contributed by atoms with van der Waals surface area (Å²) in [6, 6.07) is -0.126. The summed E-state index contributed by atoms with van der Waals surface area (Å²) in [6.07, 6.45) is 6.95. The Morgan fingerprint density at radius 2 is 1.90 bits per heavy atom. The summed E-state index contributed by atoms with van der Waals surface area (Å²) >= 11 is 0. The molecule has 0 aromatic rings. The van der Waals surface area contributed by atoms with Crippen molar-refractivity contribution in [1.29, 1.82) is 0 Å². The Kier molecular flexibility index (Phi) is 4.84. The van der Waals surface area contributed by atoms with Crippen LogP contribution < -0.4 is 5.32 Å². The molecule has 1 aliphatic carbocycles. The Hall–Kier alpha value is -0.900. The van der Waals surface area contributed by atoms with Crippen molar-refractivity contribution < 1.29 is 9.59 Å².